The number of hydrogen-bond donors (Lipinski definition) is 0. The molecule has 0 radical (unpaired) electrons. The predicted octanol–water partition coefficient (Wildman–Crippen LogP) is 4.78. The fraction of sp³-hybridized carbons (Fsp3) is 0.133. The summed E-state index contributed by atoms with van der Waals surface area (Å²) in [7, 11) is 0. The Hall–Kier alpha value is -1.51. The van der Waals surface area contributed by atoms with Crippen LogP contribution < -0.4 is 4.74 Å². The molecule has 0 heterocycles. The quantitative estimate of drug-likeness (QED) is 0.759. The number of ether oxygens (including phenoxy) is 1. The zero-order valence-corrected chi connectivity index (χ0v) is 11.8. The molecular formula is C15H12Cl2O2. The summed E-state index contributed by atoms with van der Waals surface area (Å²) in [6.45, 7) is 1.79. The Morgan fingerprint density at radius 1 is 1.16 bits per heavy atom. The van der Waals surface area contributed by atoms with Crippen LogP contribution in [0.2, 0.25) is 10.0 Å². The Labute approximate surface area is 121 Å². The van der Waals surface area contributed by atoms with Gasteiger partial charge < -0.3 is 4.74 Å². The van der Waals surface area contributed by atoms with Crippen molar-refractivity contribution >= 4 is 29.0 Å². The number of rotatable bonds is 4. The second-order valence-corrected chi connectivity index (χ2v) is 4.92. The minimum Gasteiger partial charge on any atom is -0.488 e. The Bertz CT molecular complexity index is 609. The van der Waals surface area contributed by atoms with Crippen LogP contribution in [-0.2, 0) is 6.61 Å². The minimum absolute atomic E-state index is 0.0864. The lowest BCUT2D eigenvalue weighted by Crippen LogP contribution is -2.02. The van der Waals surface area contributed by atoms with Crippen LogP contribution in [0.5, 0.6) is 5.75 Å². The van der Waals surface area contributed by atoms with Gasteiger partial charge in [0.15, 0.2) is 5.78 Å². The van der Waals surface area contributed by atoms with E-state index in [0.29, 0.717) is 28.0 Å². The number of carbonyl (C=O) groups excluding carboxylic acids is 1. The fourth-order valence-corrected chi connectivity index (χ4v) is 2.04. The van der Waals surface area contributed by atoms with E-state index in [9.17, 15) is 4.79 Å². The largest absolute Gasteiger partial charge is 0.488 e. The molecule has 2 aromatic carbocycles. The monoisotopic (exact) mass is 294 g/mol. The van der Waals surface area contributed by atoms with Gasteiger partial charge in [-0.1, -0.05) is 41.4 Å². The van der Waals surface area contributed by atoms with Gasteiger partial charge in [0, 0.05) is 15.6 Å². The maximum atomic E-state index is 11.5. The SMILES string of the molecule is CC(=O)c1cc(Cl)ccc1OCc1ccccc1Cl. The molecule has 0 saturated carbocycles. The Kier molecular flexibility index (Phi) is 4.46. The highest BCUT2D eigenvalue weighted by atomic mass is 35.5. The molecule has 0 atom stereocenters. The van der Waals surface area contributed by atoms with Crippen molar-refractivity contribution in [3.05, 3.63) is 63.6 Å². The molecule has 2 rings (SSSR count). The molecular weight excluding hydrogens is 283 g/mol. The van der Waals surface area contributed by atoms with Crippen molar-refractivity contribution in [3.8, 4) is 5.75 Å². The van der Waals surface area contributed by atoms with Gasteiger partial charge in [-0.15, -0.1) is 0 Å². The average Bonchev–Trinajstić information content (AvgIpc) is 2.38. The summed E-state index contributed by atoms with van der Waals surface area (Å²) in [6, 6.07) is 12.4. The summed E-state index contributed by atoms with van der Waals surface area (Å²) in [5, 5.41) is 1.15. The summed E-state index contributed by atoms with van der Waals surface area (Å²) in [5.41, 5.74) is 1.34. The van der Waals surface area contributed by atoms with E-state index >= 15 is 0 Å². The van der Waals surface area contributed by atoms with Crippen LogP contribution in [0.25, 0.3) is 0 Å². The van der Waals surface area contributed by atoms with E-state index in [1.54, 1.807) is 24.3 Å². The maximum absolute atomic E-state index is 11.5. The number of ketones is 1. The molecule has 0 aliphatic rings. The van der Waals surface area contributed by atoms with Crippen molar-refractivity contribution in [2.75, 3.05) is 0 Å². The van der Waals surface area contributed by atoms with Crippen LogP contribution in [0.4, 0.5) is 0 Å². The highest BCUT2D eigenvalue weighted by Gasteiger charge is 2.10. The molecule has 0 aromatic heterocycles. The van der Waals surface area contributed by atoms with Crippen molar-refractivity contribution in [2.45, 2.75) is 13.5 Å². The summed E-state index contributed by atoms with van der Waals surface area (Å²) < 4.78 is 5.66. The van der Waals surface area contributed by atoms with Crippen LogP contribution in [0.15, 0.2) is 42.5 Å². The molecule has 2 nitrogen and oxygen atoms in total. The summed E-state index contributed by atoms with van der Waals surface area (Å²) >= 11 is 11.9. The predicted molar refractivity (Wildman–Crippen MR) is 77.2 cm³/mol. The van der Waals surface area contributed by atoms with E-state index in [2.05, 4.69) is 0 Å². The number of Topliss-reactive ketones (excluding diaryl/α,β-unsaturated/α-hetero) is 1. The number of benzene rings is 2. The first-order valence-corrected chi connectivity index (χ1v) is 6.50. The summed E-state index contributed by atoms with van der Waals surface area (Å²) in [5.74, 6) is 0.425. The molecule has 0 spiro atoms. The van der Waals surface area contributed by atoms with Crippen LogP contribution in [-0.4, -0.2) is 5.78 Å². The highest BCUT2D eigenvalue weighted by Crippen LogP contribution is 2.25. The summed E-state index contributed by atoms with van der Waals surface area (Å²) in [6.07, 6.45) is 0. The van der Waals surface area contributed by atoms with Gasteiger partial charge in [-0.25, -0.2) is 0 Å². The molecule has 19 heavy (non-hydrogen) atoms. The van der Waals surface area contributed by atoms with Gasteiger partial charge in [0.05, 0.1) is 5.56 Å². The third-order valence-electron chi connectivity index (χ3n) is 2.66. The van der Waals surface area contributed by atoms with Gasteiger partial charge in [0.2, 0.25) is 0 Å². The molecule has 98 valence electrons. The molecule has 0 N–H and O–H groups in total. The fourth-order valence-electron chi connectivity index (χ4n) is 1.67. The van der Waals surface area contributed by atoms with E-state index in [4.69, 9.17) is 27.9 Å². The first-order valence-electron chi connectivity index (χ1n) is 5.74. The highest BCUT2D eigenvalue weighted by molar-refractivity contribution is 6.31. The van der Waals surface area contributed by atoms with Gasteiger partial charge in [-0.2, -0.15) is 0 Å². The van der Waals surface area contributed by atoms with Crippen molar-refractivity contribution in [2.24, 2.45) is 0 Å². The molecule has 4 heteroatoms. The van der Waals surface area contributed by atoms with Crippen molar-refractivity contribution in [1.29, 1.82) is 0 Å². The van der Waals surface area contributed by atoms with Gasteiger partial charge >= 0.3 is 0 Å². The van der Waals surface area contributed by atoms with E-state index in [0.717, 1.165) is 5.56 Å². The topological polar surface area (TPSA) is 26.3 Å². The molecule has 0 aliphatic heterocycles. The Morgan fingerprint density at radius 2 is 1.89 bits per heavy atom. The Balaban J connectivity index is 2.20. The van der Waals surface area contributed by atoms with Gasteiger partial charge in [0.1, 0.15) is 12.4 Å². The lowest BCUT2D eigenvalue weighted by atomic mass is 10.1. The first-order chi connectivity index (χ1) is 9.08. The number of hydrogen-bond acceptors (Lipinski definition) is 2. The molecule has 0 fully saturated rings. The van der Waals surface area contributed by atoms with Crippen LogP contribution in [0.1, 0.15) is 22.8 Å². The normalized spacial score (nSPS) is 10.3. The minimum atomic E-state index is -0.0864. The van der Waals surface area contributed by atoms with Gasteiger partial charge in [0.25, 0.3) is 0 Å². The van der Waals surface area contributed by atoms with Gasteiger partial charge in [-0.3, -0.25) is 4.79 Å². The average molecular weight is 295 g/mol. The lowest BCUT2D eigenvalue weighted by molar-refractivity contribution is 0.101. The first kappa shape index (κ1) is 13.9. The van der Waals surface area contributed by atoms with E-state index in [1.807, 2.05) is 18.2 Å². The number of carbonyl (C=O) groups is 1. The van der Waals surface area contributed by atoms with E-state index in [1.165, 1.54) is 6.92 Å². The molecule has 0 aliphatic carbocycles. The van der Waals surface area contributed by atoms with Gasteiger partial charge in [-0.05, 0) is 31.2 Å². The zero-order valence-electron chi connectivity index (χ0n) is 10.3. The molecule has 0 bridgehead atoms. The smallest absolute Gasteiger partial charge is 0.163 e. The number of halogens is 2. The van der Waals surface area contributed by atoms with Crippen LogP contribution in [0.3, 0.4) is 0 Å². The van der Waals surface area contributed by atoms with E-state index in [-0.39, 0.29) is 5.78 Å². The molecule has 0 amide bonds. The zero-order chi connectivity index (χ0) is 13.8. The lowest BCUT2D eigenvalue weighted by Gasteiger charge is -2.11. The second-order valence-electron chi connectivity index (χ2n) is 4.08. The molecule has 0 saturated heterocycles. The molecule has 2 aromatic rings. The van der Waals surface area contributed by atoms with Crippen LogP contribution >= 0.6 is 23.2 Å². The third-order valence-corrected chi connectivity index (χ3v) is 3.27. The maximum Gasteiger partial charge on any atom is 0.163 e. The molecule has 0 unspecified atom stereocenters. The van der Waals surface area contributed by atoms with Crippen LogP contribution in [0, 0.1) is 0 Å². The third kappa shape index (κ3) is 3.49. The van der Waals surface area contributed by atoms with Crippen molar-refractivity contribution in [1.82, 2.24) is 0 Å². The Morgan fingerprint density at radius 3 is 2.58 bits per heavy atom. The van der Waals surface area contributed by atoms with Crippen molar-refractivity contribution in [3.63, 3.8) is 0 Å². The second kappa shape index (κ2) is 6.09. The van der Waals surface area contributed by atoms with Crippen molar-refractivity contribution < 1.29 is 9.53 Å². The standard InChI is InChI=1S/C15H12Cl2O2/c1-10(18)13-8-12(16)6-7-15(13)19-9-11-4-2-3-5-14(11)17/h2-8H,9H2,1H3. The summed E-state index contributed by atoms with van der Waals surface area (Å²) in [4.78, 5) is 11.5. The van der Waals surface area contributed by atoms with E-state index < -0.39 is 0 Å².